The van der Waals surface area contributed by atoms with Gasteiger partial charge >= 0.3 is 0 Å². The van der Waals surface area contributed by atoms with Crippen LogP contribution in [0.25, 0.3) is 0 Å². The molecule has 0 radical (unpaired) electrons. The van der Waals surface area contributed by atoms with Gasteiger partial charge in [0.1, 0.15) is 0 Å². The van der Waals surface area contributed by atoms with Crippen LogP contribution < -0.4 is 5.84 Å². The Morgan fingerprint density at radius 2 is 1.67 bits per heavy atom. The summed E-state index contributed by atoms with van der Waals surface area (Å²) in [6, 6.07) is 4.35. The minimum atomic E-state index is -0.0651. The van der Waals surface area contributed by atoms with E-state index in [0.29, 0.717) is 6.42 Å². The summed E-state index contributed by atoms with van der Waals surface area (Å²) in [5.41, 5.74) is 4.84. The first kappa shape index (κ1) is 14.7. The third kappa shape index (κ3) is 3.33. The Balaban J connectivity index is 3.14. The fourth-order valence-electron chi connectivity index (χ4n) is 1.98. The lowest BCUT2D eigenvalue weighted by molar-refractivity contribution is -0.129. The maximum atomic E-state index is 11.7. The van der Waals surface area contributed by atoms with E-state index < -0.39 is 0 Å². The minimum Gasteiger partial charge on any atom is -0.284 e. The van der Waals surface area contributed by atoms with Crippen LogP contribution in [0.1, 0.15) is 43.0 Å². The van der Waals surface area contributed by atoms with Gasteiger partial charge in [0.05, 0.1) is 6.42 Å². The summed E-state index contributed by atoms with van der Waals surface area (Å²) in [5.74, 6) is 5.40. The molecule has 0 saturated carbocycles. The molecular weight excluding hydrogens is 224 g/mol. The molecule has 0 fully saturated rings. The predicted octanol–water partition coefficient (Wildman–Crippen LogP) is 2.48. The highest BCUT2D eigenvalue weighted by molar-refractivity contribution is 5.78. The molecule has 0 aliphatic heterocycles. The van der Waals surface area contributed by atoms with Crippen molar-refractivity contribution in [2.45, 2.75) is 46.5 Å². The van der Waals surface area contributed by atoms with E-state index >= 15 is 0 Å². The van der Waals surface area contributed by atoms with Crippen LogP contribution in [0.3, 0.4) is 0 Å². The van der Waals surface area contributed by atoms with Gasteiger partial charge in [-0.2, -0.15) is 0 Å². The average molecular weight is 248 g/mol. The summed E-state index contributed by atoms with van der Waals surface area (Å²) in [6.45, 7) is 10.7. The molecule has 0 atom stereocenters. The summed E-state index contributed by atoms with van der Waals surface area (Å²) in [7, 11) is 1.58. The van der Waals surface area contributed by atoms with Crippen molar-refractivity contribution < 1.29 is 4.79 Å². The largest absolute Gasteiger partial charge is 0.284 e. The molecule has 100 valence electrons. The van der Waals surface area contributed by atoms with Crippen molar-refractivity contribution in [3.8, 4) is 0 Å². The fourth-order valence-corrected chi connectivity index (χ4v) is 1.98. The number of carbonyl (C=O) groups is 1. The van der Waals surface area contributed by atoms with Crippen molar-refractivity contribution in [1.29, 1.82) is 0 Å². The van der Waals surface area contributed by atoms with Crippen molar-refractivity contribution in [2.75, 3.05) is 7.05 Å². The quantitative estimate of drug-likeness (QED) is 0.496. The van der Waals surface area contributed by atoms with Crippen molar-refractivity contribution in [1.82, 2.24) is 5.01 Å². The van der Waals surface area contributed by atoms with Crippen LogP contribution >= 0.6 is 0 Å². The maximum Gasteiger partial charge on any atom is 0.240 e. The van der Waals surface area contributed by atoms with E-state index in [1.54, 1.807) is 7.05 Å². The number of carbonyl (C=O) groups excluding carboxylic acids is 1. The SMILES string of the molecule is Cc1cc(C(C)(C)C)cc(C)c1CC(=O)N(C)N. The van der Waals surface area contributed by atoms with Gasteiger partial charge in [-0.1, -0.05) is 32.9 Å². The van der Waals surface area contributed by atoms with Gasteiger partial charge in [-0.05, 0) is 41.5 Å². The molecule has 0 aliphatic rings. The molecular formula is C15H24N2O. The van der Waals surface area contributed by atoms with E-state index in [2.05, 4.69) is 46.8 Å². The van der Waals surface area contributed by atoms with Gasteiger partial charge in [0.2, 0.25) is 5.91 Å². The van der Waals surface area contributed by atoms with Crippen LogP contribution in [-0.2, 0) is 16.6 Å². The highest BCUT2D eigenvalue weighted by Crippen LogP contribution is 2.27. The van der Waals surface area contributed by atoms with E-state index in [1.165, 1.54) is 5.56 Å². The molecule has 3 heteroatoms. The molecule has 0 aromatic heterocycles. The molecule has 0 spiro atoms. The number of nitrogens with zero attached hydrogens (tertiary/aromatic N) is 1. The van der Waals surface area contributed by atoms with Gasteiger partial charge in [-0.25, -0.2) is 5.84 Å². The van der Waals surface area contributed by atoms with E-state index in [1.807, 2.05) is 0 Å². The van der Waals surface area contributed by atoms with Gasteiger partial charge in [0.15, 0.2) is 0 Å². The highest BCUT2D eigenvalue weighted by Gasteiger charge is 2.17. The Hall–Kier alpha value is -1.35. The van der Waals surface area contributed by atoms with Crippen molar-refractivity contribution in [3.05, 3.63) is 34.4 Å². The fraction of sp³-hybridized carbons (Fsp3) is 0.533. The Morgan fingerprint density at radius 1 is 1.22 bits per heavy atom. The first-order valence-electron chi connectivity index (χ1n) is 6.24. The average Bonchev–Trinajstić information content (AvgIpc) is 2.21. The third-order valence-electron chi connectivity index (χ3n) is 3.28. The smallest absolute Gasteiger partial charge is 0.240 e. The zero-order valence-corrected chi connectivity index (χ0v) is 12.3. The van der Waals surface area contributed by atoms with Gasteiger partial charge < -0.3 is 0 Å². The van der Waals surface area contributed by atoms with Crippen LogP contribution in [-0.4, -0.2) is 18.0 Å². The van der Waals surface area contributed by atoms with Gasteiger partial charge in [-0.15, -0.1) is 0 Å². The second-order valence-electron chi connectivity index (χ2n) is 6.02. The third-order valence-corrected chi connectivity index (χ3v) is 3.28. The summed E-state index contributed by atoms with van der Waals surface area (Å²) in [4.78, 5) is 11.7. The summed E-state index contributed by atoms with van der Waals surface area (Å²) < 4.78 is 0. The normalized spacial score (nSPS) is 11.5. The molecule has 1 aromatic carbocycles. The van der Waals surface area contributed by atoms with Gasteiger partial charge in [0, 0.05) is 7.05 Å². The molecule has 0 bridgehead atoms. The molecule has 1 amide bonds. The van der Waals surface area contributed by atoms with Gasteiger partial charge in [0.25, 0.3) is 0 Å². The highest BCUT2D eigenvalue weighted by atomic mass is 16.2. The number of rotatable bonds is 2. The molecule has 0 saturated heterocycles. The maximum absolute atomic E-state index is 11.7. The Bertz CT molecular complexity index is 433. The molecule has 1 rings (SSSR count). The number of hydrazine groups is 1. The molecule has 0 heterocycles. The van der Waals surface area contributed by atoms with Crippen LogP contribution in [0.4, 0.5) is 0 Å². The van der Waals surface area contributed by atoms with Crippen LogP contribution in [0, 0.1) is 13.8 Å². The van der Waals surface area contributed by atoms with E-state index in [-0.39, 0.29) is 11.3 Å². The monoisotopic (exact) mass is 248 g/mol. The summed E-state index contributed by atoms with van der Waals surface area (Å²) in [5, 5.41) is 1.15. The number of likely N-dealkylation sites (N-methyl/N-ethyl adjacent to an activating group) is 1. The lowest BCUT2D eigenvalue weighted by Crippen LogP contribution is -2.34. The lowest BCUT2D eigenvalue weighted by atomic mass is 9.83. The molecule has 1 aromatic rings. The lowest BCUT2D eigenvalue weighted by Gasteiger charge is -2.22. The number of hydrogen-bond acceptors (Lipinski definition) is 2. The molecule has 0 aliphatic carbocycles. The second-order valence-corrected chi connectivity index (χ2v) is 6.02. The van der Waals surface area contributed by atoms with Crippen LogP contribution in [0.5, 0.6) is 0 Å². The van der Waals surface area contributed by atoms with Crippen LogP contribution in [0.2, 0.25) is 0 Å². The Morgan fingerprint density at radius 3 is 2.00 bits per heavy atom. The van der Waals surface area contributed by atoms with E-state index in [4.69, 9.17) is 5.84 Å². The predicted molar refractivity (Wildman–Crippen MR) is 75.3 cm³/mol. The number of amides is 1. The number of benzene rings is 1. The number of aryl methyl sites for hydroxylation is 2. The zero-order valence-electron chi connectivity index (χ0n) is 12.3. The van der Waals surface area contributed by atoms with E-state index in [0.717, 1.165) is 21.7 Å². The summed E-state index contributed by atoms with van der Waals surface area (Å²) >= 11 is 0. The van der Waals surface area contributed by atoms with Crippen molar-refractivity contribution in [3.63, 3.8) is 0 Å². The summed E-state index contributed by atoms with van der Waals surface area (Å²) in [6.07, 6.45) is 0.370. The minimum absolute atomic E-state index is 0.0651. The molecule has 3 nitrogen and oxygen atoms in total. The molecule has 2 N–H and O–H groups in total. The van der Waals surface area contributed by atoms with E-state index in [9.17, 15) is 4.79 Å². The zero-order chi connectivity index (χ0) is 14.1. The number of nitrogens with two attached hydrogens (primary N) is 1. The molecule has 0 unspecified atom stereocenters. The standard InChI is InChI=1S/C15H24N2O/c1-10-7-12(15(3,4)5)8-11(2)13(10)9-14(18)17(6)16/h7-8H,9,16H2,1-6H3. The Labute approximate surface area is 110 Å². The first-order valence-corrected chi connectivity index (χ1v) is 6.24. The number of hydrogen-bond donors (Lipinski definition) is 1. The molecule has 18 heavy (non-hydrogen) atoms. The van der Waals surface area contributed by atoms with Crippen molar-refractivity contribution >= 4 is 5.91 Å². The second kappa shape index (κ2) is 5.11. The van der Waals surface area contributed by atoms with Gasteiger partial charge in [-0.3, -0.25) is 9.80 Å². The Kier molecular flexibility index (Phi) is 4.17. The first-order chi connectivity index (χ1) is 8.12. The van der Waals surface area contributed by atoms with Crippen molar-refractivity contribution in [2.24, 2.45) is 5.84 Å². The van der Waals surface area contributed by atoms with Crippen LogP contribution in [0.15, 0.2) is 12.1 Å². The topological polar surface area (TPSA) is 46.3 Å².